The van der Waals surface area contributed by atoms with E-state index in [1.807, 2.05) is 53.4 Å². The average molecular weight is 398 g/mol. The Bertz CT molecular complexity index is 1070. The molecule has 0 aliphatic rings. The van der Waals surface area contributed by atoms with Crippen LogP contribution in [-0.4, -0.2) is 21.9 Å². The Balaban J connectivity index is 1.36. The quantitative estimate of drug-likeness (QED) is 0.513. The lowest BCUT2D eigenvalue weighted by Crippen LogP contribution is -2.20. The van der Waals surface area contributed by atoms with E-state index >= 15 is 0 Å². The number of thiazole rings is 1. The fourth-order valence-electron chi connectivity index (χ4n) is 2.64. The summed E-state index contributed by atoms with van der Waals surface area (Å²) in [6, 6.07) is 12.9. The molecule has 2 aromatic heterocycles. The fourth-order valence-corrected chi connectivity index (χ4v) is 3.46. The zero-order valence-electron chi connectivity index (χ0n) is 14.5. The molecular weight excluding hydrogens is 382 g/mol. The summed E-state index contributed by atoms with van der Waals surface area (Å²) in [5.74, 6) is 0.389. The van der Waals surface area contributed by atoms with Crippen LogP contribution in [0.3, 0.4) is 0 Å². The highest BCUT2D eigenvalue weighted by Crippen LogP contribution is 2.23. The molecule has 0 fully saturated rings. The molecule has 0 spiro atoms. The first-order valence-electron chi connectivity index (χ1n) is 8.30. The lowest BCUT2D eigenvalue weighted by atomic mass is 10.1. The Labute approximate surface area is 165 Å². The van der Waals surface area contributed by atoms with Crippen molar-refractivity contribution in [3.63, 3.8) is 0 Å². The molecule has 2 aromatic carbocycles. The molecule has 2 heterocycles. The zero-order chi connectivity index (χ0) is 18.8. The monoisotopic (exact) mass is 397 g/mol. The van der Waals surface area contributed by atoms with Crippen molar-refractivity contribution < 1.29 is 9.53 Å². The second-order valence-corrected chi connectivity index (χ2v) is 7.32. The van der Waals surface area contributed by atoms with Crippen molar-refractivity contribution in [3.8, 4) is 17.0 Å². The molecule has 136 valence electrons. The molecule has 0 unspecified atom stereocenters. The van der Waals surface area contributed by atoms with Gasteiger partial charge in [0.1, 0.15) is 5.75 Å². The number of imidazole rings is 1. The molecule has 1 amide bonds. The molecule has 0 radical (unpaired) electrons. The molecular formula is C20H16ClN3O2S. The van der Waals surface area contributed by atoms with Crippen LogP contribution in [0.2, 0.25) is 5.02 Å². The van der Waals surface area contributed by atoms with Crippen LogP contribution < -0.4 is 10.1 Å². The minimum atomic E-state index is -0.224. The summed E-state index contributed by atoms with van der Waals surface area (Å²) >= 11 is 7.58. The highest BCUT2D eigenvalue weighted by molar-refractivity contribution is 7.15. The first kappa shape index (κ1) is 17.6. The van der Waals surface area contributed by atoms with Crippen LogP contribution >= 0.6 is 22.9 Å². The molecule has 0 bridgehead atoms. The maximum atomic E-state index is 12.1. The van der Waals surface area contributed by atoms with Crippen LogP contribution in [0.4, 0.5) is 5.69 Å². The summed E-state index contributed by atoms with van der Waals surface area (Å²) < 4.78 is 7.50. The maximum Gasteiger partial charge on any atom is 0.262 e. The van der Waals surface area contributed by atoms with Crippen molar-refractivity contribution in [2.24, 2.45) is 0 Å². The number of anilines is 1. The number of aromatic nitrogens is 2. The van der Waals surface area contributed by atoms with Crippen molar-refractivity contribution in [1.29, 1.82) is 0 Å². The molecule has 4 aromatic rings. The van der Waals surface area contributed by atoms with E-state index in [0.717, 1.165) is 21.8 Å². The number of carbonyl (C=O) groups excluding carboxylic acids is 1. The second kappa shape index (κ2) is 7.42. The van der Waals surface area contributed by atoms with Gasteiger partial charge in [-0.15, -0.1) is 11.3 Å². The molecule has 5 nitrogen and oxygen atoms in total. The molecule has 7 heteroatoms. The van der Waals surface area contributed by atoms with Crippen molar-refractivity contribution in [2.75, 3.05) is 11.9 Å². The summed E-state index contributed by atoms with van der Waals surface area (Å²) in [6.45, 7) is 1.82. The number of fused-ring (bicyclic) bond motifs is 1. The summed E-state index contributed by atoms with van der Waals surface area (Å²) in [5, 5.41) is 5.49. The third-order valence-electron chi connectivity index (χ3n) is 4.06. The third kappa shape index (κ3) is 3.97. The largest absolute Gasteiger partial charge is 0.484 e. The summed E-state index contributed by atoms with van der Waals surface area (Å²) in [6.07, 6.45) is 3.97. The van der Waals surface area contributed by atoms with Gasteiger partial charge in [-0.1, -0.05) is 23.7 Å². The Hall–Kier alpha value is -2.83. The van der Waals surface area contributed by atoms with Crippen molar-refractivity contribution >= 4 is 39.5 Å². The minimum Gasteiger partial charge on any atom is -0.484 e. The van der Waals surface area contributed by atoms with Crippen LogP contribution in [0.15, 0.2) is 60.2 Å². The van der Waals surface area contributed by atoms with Crippen molar-refractivity contribution in [2.45, 2.75) is 6.92 Å². The molecule has 27 heavy (non-hydrogen) atoms. The van der Waals surface area contributed by atoms with Gasteiger partial charge in [-0.25, -0.2) is 4.98 Å². The van der Waals surface area contributed by atoms with E-state index in [-0.39, 0.29) is 12.5 Å². The number of amides is 1. The van der Waals surface area contributed by atoms with Crippen molar-refractivity contribution in [1.82, 2.24) is 9.38 Å². The van der Waals surface area contributed by atoms with E-state index < -0.39 is 0 Å². The topological polar surface area (TPSA) is 55.6 Å². The average Bonchev–Trinajstić information content (AvgIpc) is 3.25. The van der Waals surface area contributed by atoms with Crippen LogP contribution in [-0.2, 0) is 4.79 Å². The Morgan fingerprint density at radius 3 is 2.81 bits per heavy atom. The van der Waals surface area contributed by atoms with Gasteiger partial charge in [0.25, 0.3) is 5.91 Å². The standard InChI is InChI=1S/C20H16ClN3O2S/c1-13-10-16(6-7-17(13)21)26-12-19(25)22-15-4-2-14(3-5-15)18-11-24-8-9-27-20(24)23-18/h2-11H,12H2,1H3,(H,22,25). The van der Waals surface area contributed by atoms with Crippen LogP contribution in [0.25, 0.3) is 16.2 Å². The van der Waals surface area contributed by atoms with E-state index in [1.165, 1.54) is 0 Å². The third-order valence-corrected chi connectivity index (χ3v) is 5.25. The Morgan fingerprint density at radius 1 is 1.26 bits per heavy atom. The highest BCUT2D eigenvalue weighted by Gasteiger charge is 2.07. The zero-order valence-corrected chi connectivity index (χ0v) is 16.1. The normalized spacial score (nSPS) is 10.9. The lowest BCUT2D eigenvalue weighted by Gasteiger charge is -2.09. The van der Waals surface area contributed by atoms with Gasteiger partial charge in [0.05, 0.1) is 5.69 Å². The van der Waals surface area contributed by atoms with Gasteiger partial charge in [-0.05, 0) is 42.8 Å². The van der Waals surface area contributed by atoms with Gasteiger partial charge in [0.15, 0.2) is 11.6 Å². The molecule has 0 aliphatic carbocycles. The summed E-state index contributed by atoms with van der Waals surface area (Å²) in [5.41, 5.74) is 3.52. The smallest absolute Gasteiger partial charge is 0.262 e. The first-order chi connectivity index (χ1) is 13.1. The second-order valence-electron chi connectivity index (χ2n) is 6.04. The number of hydrogen-bond donors (Lipinski definition) is 1. The maximum absolute atomic E-state index is 12.1. The predicted molar refractivity (Wildman–Crippen MR) is 109 cm³/mol. The van der Waals surface area contributed by atoms with E-state index in [9.17, 15) is 4.79 Å². The first-order valence-corrected chi connectivity index (χ1v) is 9.56. The number of ether oxygens (including phenoxy) is 1. The van der Waals surface area contributed by atoms with Crippen LogP contribution in [0, 0.1) is 6.92 Å². The number of nitrogens with zero attached hydrogens (tertiary/aromatic N) is 2. The number of aryl methyl sites for hydroxylation is 1. The van der Waals surface area contributed by atoms with Gasteiger partial charge in [-0.3, -0.25) is 9.20 Å². The number of rotatable bonds is 5. The number of carbonyl (C=O) groups is 1. The predicted octanol–water partition coefficient (Wildman–Crippen LogP) is 5.04. The molecule has 0 aliphatic heterocycles. The van der Waals surface area contributed by atoms with Gasteiger partial charge < -0.3 is 10.1 Å². The molecule has 0 saturated carbocycles. The van der Waals surface area contributed by atoms with Crippen molar-refractivity contribution in [3.05, 3.63) is 70.8 Å². The summed E-state index contributed by atoms with van der Waals surface area (Å²) in [7, 11) is 0. The highest BCUT2D eigenvalue weighted by atomic mass is 35.5. The van der Waals surface area contributed by atoms with Crippen LogP contribution in [0.1, 0.15) is 5.56 Å². The van der Waals surface area contributed by atoms with Gasteiger partial charge in [0.2, 0.25) is 0 Å². The number of halogens is 1. The summed E-state index contributed by atoms with van der Waals surface area (Å²) in [4.78, 5) is 17.6. The molecule has 0 atom stereocenters. The van der Waals surface area contributed by atoms with E-state index in [2.05, 4.69) is 10.3 Å². The number of hydrogen-bond acceptors (Lipinski definition) is 4. The number of nitrogens with one attached hydrogen (secondary N) is 1. The fraction of sp³-hybridized carbons (Fsp3) is 0.100. The Morgan fingerprint density at radius 2 is 2.07 bits per heavy atom. The van der Waals surface area contributed by atoms with Gasteiger partial charge in [-0.2, -0.15) is 0 Å². The number of benzene rings is 2. The molecule has 4 rings (SSSR count). The van der Waals surface area contributed by atoms with E-state index in [0.29, 0.717) is 16.5 Å². The van der Waals surface area contributed by atoms with Crippen LogP contribution in [0.5, 0.6) is 5.75 Å². The molecule has 0 saturated heterocycles. The Kier molecular flexibility index (Phi) is 4.83. The van der Waals surface area contributed by atoms with Gasteiger partial charge >= 0.3 is 0 Å². The SMILES string of the molecule is Cc1cc(OCC(=O)Nc2ccc(-c3cn4ccsc4n3)cc2)ccc1Cl. The lowest BCUT2D eigenvalue weighted by molar-refractivity contribution is -0.118. The van der Waals surface area contributed by atoms with Gasteiger partial charge in [0, 0.05) is 34.0 Å². The minimum absolute atomic E-state index is 0.0693. The van der Waals surface area contributed by atoms with E-state index in [4.69, 9.17) is 16.3 Å². The van der Waals surface area contributed by atoms with E-state index in [1.54, 1.807) is 29.5 Å². The molecule has 1 N–H and O–H groups in total.